The second-order valence-electron chi connectivity index (χ2n) is 9.85. The summed E-state index contributed by atoms with van der Waals surface area (Å²) >= 11 is 0. The van der Waals surface area contributed by atoms with Crippen molar-refractivity contribution in [3.8, 4) is 0 Å². The molecule has 1 N–H and O–H groups in total. The normalized spacial score (nSPS) is 17.0. The van der Waals surface area contributed by atoms with Gasteiger partial charge in [0.25, 0.3) is 0 Å². The molecule has 1 fully saturated rings. The highest BCUT2D eigenvalue weighted by Gasteiger charge is 2.27. The third kappa shape index (κ3) is 11.7. The molecule has 1 saturated heterocycles. The van der Waals surface area contributed by atoms with Crippen LogP contribution in [0, 0.1) is 5.92 Å². The summed E-state index contributed by atoms with van der Waals surface area (Å²) in [5.74, 6) is 1.95. The first kappa shape index (κ1) is 30.4. The lowest BCUT2D eigenvalue weighted by Crippen LogP contribution is -2.48. The standard InChI is InChI=1S/C22H44N4O3S.HI/c1-9-23-19(24-13-16-30(28)22(6,7)8)26-14-11-18(12-15-26)17-25(10-2)20(27)29-21(3,4)5;/h18H,9-17H2,1-8H3,(H,23,24);1H. The fourth-order valence-corrected chi connectivity index (χ4v) is 4.13. The van der Waals surface area contributed by atoms with Gasteiger partial charge in [-0.05, 0) is 74.1 Å². The van der Waals surface area contributed by atoms with E-state index in [1.54, 1.807) is 0 Å². The number of nitrogens with zero attached hydrogens (tertiary/aromatic N) is 3. The number of carbonyl (C=O) groups is 1. The lowest BCUT2D eigenvalue weighted by atomic mass is 9.96. The van der Waals surface area contributed by atoms with E-state index in [1.807, 2.05) is 53.4 Å². The summed E-state index contributed by atoms with van der Waals surface area (Å²) in [7, 11) is -0.891. The summed E-state index contributed by atoms with van der Waals surface area (Å²) < 4.78 is 17.6. The largest absolute Gasteiger partial charge is 0.444 e. The molecule has 1 heterocycles. The Kier molecular flexibility index (Phi) is 13.6. The number of carbonyl (C=O) groups excluding carboxylic acids is 1. The number of likely N-dealkylation sites (tertiary alicyclic amines) is 1. The minimum Gasteiger partial charge on any atom is -0.444 e. The molecule has 1 aliphatic heterocycles. The number of guanidine groups is 1. The lowest BCUT2D eigenvalue weighted by Gasteiger charge is -2.36. The zero-order chi connectivity index (χ0) is 22.9. The smallest absolute Gasteiger partial charge is 0.410 e. The predicted octanol–water partition coefficient (Wildman–Crippen LogP) is 4.09. The van der Waals surface area contributed by atoms with Crippen molar-refractivity contribution >= 4 is 46.8 Å². The number of piperidine rings is 1. The van der Waals surface area contributed by atoms with E-state index in [4.69, 9.17) is 9.73 Å². The summed E-state index contributed by atoms with van der Waals surface area (Å²) in [6.45, 7) is 20.3. The Bertz CT molecular complexity index is 595. The molecule has 0 saturated carbocycles. The van der Waals surface area contributed by atoms with Crippen molar-refractivity contribution in [3.63, 3.8) is 0 Å². The molecule has 0 bridgehead atoms. The average molecular weight is 573 g/mol. The highest BCUT2D eigenvalue weighted by molar-refractivity contribution is 14.0. The van der Waals surface area contributed by atoms with Crippen molar-refractivity contribution in [2.75, 3.05) is 45.0 Å². The number of halogens is 1. The van der Waals surface area contributed by atoms with Crippen molar-refractivity contribution < 1.29 is 13.7 Å². The molecular weight excluding hydrogens is 527 g/mol. The van der Waals surface area contributed by atoms with E-state index in [0.717, 1.165) is 45.0 Å². The van der Waals surface area contributed by atoms with E-state index < -0.39 is 16.4 Å². The number of rotatable bonds is 7. The van der Waals surface area contributed by atoms with E-state index >= 15 is 0 Å². The maximum absolute atomic E-state index is 12.4. The fourth-order valence-electron chi connectivity index (χ4n) is 3.26. The second kappa shape index (κ2) is 13.9. The van der Waals surface area contributed by atoms with Crippen LogP contribution in [0.2, 0.25) is 0 Å². The molecule has 1 atom stereocenters. The Morgan fingerprint density at radius 2 is 1.74 bits per heavy atom. The van der Waals surface area contributed by atoms with Gasteiger partial charge in [-0.1, -0.05) is 0 Å². The molecule has 9 heteroatoms. The zero-order valence-corrected chi connectivity index (χ0v) is 24.0. The fraction of sp³-hybridized carbons (Fsp3) is 0.909. The first-order valence-electron chi connectivity index (χ1n) is 11.3. The Labute approximate surface area is 209 Å². The average Bonchev–Trinajstić information content (AvgIpc) is 2.63. The number of ether oxygens (including phenoxy) is 1. The minimum absolute atomic E-state index is 0. The maximum atomic E-state index is 12.4. The second-order valence-corrected chi connectivity index (χ2v) is 12.2. The lowest BCUT2D eigenvalue weighted by molar-refractivity contribution is 0.0214. The van der Waals surface area contributed by atoms with Gasteiger partial charge in [-0.25, -0.2) is 4.79 Å². The van der Waals surface area contributed by atoms with Gasteiger partial charge in [-0.2, -0.15) is 0 Å². The van der Waals surface area contributed by atoms with Gasteiger partial charge in [-0.15, -0.1) is 24.0 Å². The van der Waals surface area contributed by atoms with Crippen LogP contribution in [0.3, 0.4) is 0 Å². The SMILES string of the molecule is CCNC(=NCCS(=O)C(C)(C)C)N1CCC(CN(CC)C(=O)OC(C)(C)C)CC1.I. The first-order chi connectivity index (χ1) is 13.9. The highest BCUT2D eigenvalue weighted by Crippen LogP contribution is 2.20. The molecule has 0 aromatic heterocycles. The van der Waals surface area contributed by atoms with E-state index in [9.17, 15) is 9.00 Å². The molecule has 184 valence electrons. The van der Waals surface area contributed by atoms with Crippen LogP contribution in [0.4, 0.5) is 4.79 Å². The molecule has 1 aliphatic rings. The molecule has 7 nitrogen and oxygen atoms in total. The minimum atomic E-state index is -0.891. The number of aliphatic imine (C=N–C) groups is 1. The van der Waals surface area contributed by atoms with E-state index in [0.29, 0.717) is 24.8 Å². The van der Waals surface area contributed by atoms with Gasteiger partial charge in [0.1, 0.15) is 5.60 Å². The molecule has 0 aromatic carbocycles. The Balaban J connectivity index is 0.00000900. The van der Waals surface area contributed by atoms with Crippen molar-refractivity contribution in [1.82, 2.24) is 15.1 Å². The molecule has 31 heavy (non-hydrogen) atoms. The van der Waals surface area contributed by atoms with Crippen LogP contribution in [0.5, 0.6) is 0 Å². The van der Waals surface area contributed by atoms with E-state index in [1.165, 1.54) is 0 Å². The monoisotopic (exact) mass is 572 g/mol. The Hall–Kier alpha value is -0.580. The van der Waals surface area contributed by atoms with Crippen LogP contribution >= 0.6 is 24.0 Å². The van der Waals surface area contributed by atoms with Crippen molar-refractivity contribution in [2.24, 2.45) is 10.9 Å². The van der Waals surface area contributed by atoms with Crippen LogP contribution < -0.4 is 5.32 Å². The summed E-state index contributed by atoms with van der Waals surface area (Å²) in [5.41, 5.74) is -0.471. The molecule has 0 aliphatic carbocycles. The van der Waals surface area contributed by atoms with Crippen LogP contribution in [0.1, 0.15) is 68.2 Å². The summed E-state index contributed by atoms with van der Waals surface area (Å²) in [6, 6.07) is 0. The Morgan fingerprint density at radius 3 is 2.19 bits per heavy atom. The van der Waals surface area contributed by atoms with E-state index in [2.05, 4.69) is 17.1 Å². The molecule has 1 amide bonds. The number of hydrogen-bond acceptors (Lipinski definition) is 4. The zero-order valence-electron chi connectivity index (χ0n) is 20.8. The van der Waals surface area contributed by atoms with Crippen molar-refractivity contribution in [1.29, 1.82) is 0 Å². The molecule has 1 rings (SSSR count). The van der Waals surface area contributed by atoms with Gasteiger partial charge in [0.05, 0.1) is 6.54 Å². The molecule has 0 aromatic rings. The maximum Gasteiger partial charge on any atom is 0.410 e. The van der Waals surface area contributed by atoms with Gasteiger partial charge in [0.15, 0.2) is 5.96 Å². The van der Waals surface area contributed by atoms with Gasteiger partial charge < -0.3 is 19.9 Å². The van der Waals surface area contributed by atoms with Crippen LogP contribution in [0.15, 0.2) is 4.99 Å². The van der Waals surface area contributed by atoms with Gasteiger partial charge in [0, 0.05) is 54.0 Å². The number of hydrogen-bond donors (Lipinski definition) is 1. The third-order valence-electron chi connectivity index (χ3n) is 4.98. The molecule has 0 spiro atoms. The first-order valence-corrected chi connectivity index (χ1v) is 12.6. The van der Waals surface area contributed by atoms with Gasteiger partial charge in [-0.3, -0.25) is 9.20 Å². The Morgan fingerprint density at radius 1 is 1.16 bits per heavy atom. The van der Waals surface area contributed by atoms with Crippen molar-refractivity contribution in [3.05, 3.63) is 0 Å². The molecular formula is C22H45IN4O3S. The molecule has 1 unspecified atom stereocenters. The quantitative estimate of drug-likeness (QED) is 0.283. The van der Waals surface area contributed by atoms with Gasteiger partial charge >= 0.3 is 6.09 Å². The number of amides is 1. The summed E-state index contributed by atoms with van der Waals surface area (Å²) in [5, 5.41) is 3.37. The van der Waals surface area contributed by atoms with Gasteiger partial charge in [0.2, 0.25) is 0 Å². The summed E-state index contributed by atoms with van der Waals surface area (Å²) in [4.78, 5) is 21.2. The van der Waals surface area contributed by atoms with E-state index in [-0.39, 0.29) is 34.8 Å². The number of nitrogens with one attached hydrogen (secondary N) is 1. The third-order valence-corrected chi connectivity index (χ3v) is 6.90. The van der Waals surface area contributed by atoms with Crippen LogP contribution in [-0.4, -0.2) is 81.4 Å². The van der Waals surface area contributed by atoms with Crippen LogP contribution in [-0.2, 0) is 15.5 Å². The topological polar surface area (TPSA) is 74.2 Å². The predicted molar refractivity (Wildman–Crippen MR) is 142 cm³/mol. The van der Waals surface area contributed by atoms with Crippen LogP contribution in [0.25, 0.3) is 0 Å². The highest BCUT2D eigenvalue weighted by atomic mass is 127. The van der Waals surface area contributed by atoms with Crippen molar-refractivity contribution in [2.45, 2.75) is 78.6 Å². The summed E-state index contributed by atoms with van der Waals surface area (Å²) in [6.07, 6.45) is 1.80. The molecule has 0 radical (unpaired) electrons.